The first-order valence-electron chi connectivity index (χ1n) is 6.62. The van der Waals surface area contributed by atoms with Crippen LogP contribution in [0.15, 0.2) is 36.0 Å². The van der Waals surface area contributed by atoms with Gasteiger partial charge in [-0.2, -0.15) is 0 Å². The summed E-state index contributed by atoms with van der Waals surface area (Å²) in [6.07, 6.45) is 1.48. The van der Waals surface area contributed by atoms with Crippen LogP contribution >= 0.6 is 0 Å². The second-order valence-electron chi connectivity index (χ2n) is 4.82. The highest BCUT2D eigenvalue weighted by molar-refractivity contribution is 5.98. The molecule has 0 saturated heterocycles. The third-order valence-electron chi connectivity index (χ3n) is 3.46. The zero-order chi connectivity index (χ0) is 16.6. The molecule has 9 heteroatoms. The summed E-state index contributed by atoms with van der Waals surface area (Å²) < 4.78 is 6.51. The van der Waals surface area contributed by atoms with E-state index in [0.29, 0.717) is 5.75 Å². The number of ether oxygens (including phenoxy) is 1. The molecule has 0 spiro atoms. The van der Waals surface area contributed by atoms with Gasteiger partial charge in [-0.25, -0.2) is 9.48 Å². The lowest BCUT2D eigenvalue weighted by molar-refractivity contribution is -0.132. The minimum atomic E-state index is -1.16. The summed E-state index contributed by atoms with van der Waals surface area (Å²) in [5.74, 6) is -1.13. The highest BCUT2D eigenvalue weighted by Gasteiger charge is 2.29. The van der Waals surface area contributed by atoms with E-state index in [2.05, 4.69) is 15.6 Å². The van der Waals surface area contributed by atoms with Crippen LogP contribution < -0.4 is 15.8 Å². The van der Waals surface area contributed by atoms with Crippen molar-refractivity contribution in [1.29, 1.82) is 0 Å². The van der Waals surface area contributed by atoms with Crippen molar-refractivity contribution in [1.82, 2.24) is 15.0 Å². The Balaban J connectivity index is 2.11. The number of carbonyl (C=O) groups is 2. The Morgan fingerprint density at radius 3 is 2.61 bits per heavy atom. The fourth-order valence-electron chi connectivity index (χ4n) is 2.33. The number of aliphatic carboxylic acids is 1. The number of benzene rings is 1. The molecule has 2 heterocycles. The number of carboxylic acid groups (broad SMARTS) is 1. The number of hydrogen-bond acceptors (Lipinski definition) is 6. The molecule has 0 bridgehead atoms. The van der Waals surface area contributed by atoms with E-state index in [1.54, 1.807) is 31.4 Å². The lowest BCUT2D eigenvalue weighted by Crippen LogP contribution is -2.25. The number of aromatic nitrogens is 3. The second kappa shape index (κ2) is 5.44. The van der Waals surface area contributed by atoms with Crippen LogP contribution in [-0.4, -0.2) is 39.1 Å². The molecule has 0 fully saturated rings. The van der Waals surface area contributed by atoms with Crippen molar-refractivity contribution >= 4 is 17.7 Å². The Bertz CT molecular complexity index is 809. The van der Waals surface area contributed by atoms with E-state index in [1.807, 2.05) is 0 Å². The van der Waals surface area contributed by atoms with Crippen molar-refractivity contribution in [3.8, 4) is 5.75 Å². The van der Waals surface area contributed by atoms with Gasteiger partial charge in [-0.15, -0.1) is 5.10 Å². The summed E-state index contributed by atoms with van der Waals surface area (Å²) in [5.41, 5.74) is 5.81. The molecular formula is C14H13N5O4. The van der Waals surface area contributed by atoms with E-state index in [-0.39, 0.29) is 17.2 Å². The van der Waals surface area contributed by atoms with Gasteiger partial charge in [0.15, 0.2) is 11.5 Å². The van der Waals surface area contributed by atoms with Gasteiger partial charge in [0.25, 0.3) is 5.91 Å². The molecule has 1 aromatic heterocycles. The minimum absolute atomic E-state index is 0.0804. The molecule has 3 rings (SSSR count). The van der Waals surface area contributed by atoms with Gasteiger partial charge >= 0.3 is 5.97 Å². The van der Waals surface area contributed by atoms with Crippen molar-refractivity contribution < 1.29 is 19.4 Å². The zero-order valence-electron chi connectivity index (χ0n) is 12.1. The Kier molecular flexibility index (Phi) is 3.45. The summed E-state index contributed by atoms with van der Waals surface area (Å²) in [4.78, 5) is 22.7. The molecule has 4 N–H and O–H groups in total. The van der Waals surface area contributed by atoms with Crippen LogP contribution in [0.4, 0.5) is 5.82 Å². The lowest BCUT2D eigenvalue weighted by Gasteiger charge is -2.23. The molecular weight excluding hydrogens is 302 g/mol. The molecule has 0 aliphatic carbocycles. The number of fused-ring (bicyclic) bond motifs is 1. The second-order valence-corrected chi connectivity index (χ2v) is 4.82. The van der Waals surface area contributed by atoms with E-state index >= 15 is 0 Å². The molecule has 1 atom stereocenters. The number of nitrogens with one attached hydrogen (secondary N) is 1. The number of amides is 1. The number of allylic oxidation sites excluding steroid dienone is 1. The number of rotatable bonds is 4. The van der Waals surface area contributed by atoms with Gasteiger partial charge in [0.2, 0.25) is 0 Å². The summed E-state index contributed by atoms with van der Waals surface area (Å²) in [6, 6.07) is 6.51. The topological polar surface area (TPSA) is 132 Å². The van der Waals surface area contributed by atoms with Crippen LogP contribution in [0.5, 0.6) is 5.75 Å². The number of nitrogens with two attached hydrogens (primary N) is 1. The SMILES string of the molecule is COc1ccc([C@H]2C=C(C(=O)O)Nc3c(C(N)=O)nnn32)cc1. The predicted molar refractivity (Wildman–Crippen MR) is 79.0 cm³/mol. The maximum atomic E-state index is 11.4. The molecule has 1 amide bonds. The highest BCUT2D eigenvalue weighted by Crippen LogP contribution is 2.31. The fraction of sp³-hybridized carbons (Fsp3) is 0.143. The van der Waals surface area contributed by atoms with Gasteiger partial charge in [-0.1, -0.05) is 17.3 Å². The van der Waals surface area contributed by atoms with E-state index in [0.717, 1.165) is 5.56 Å². The van der Waals surface area contributed by atoms with Crippen LogP contribution in [-0.2, 0) is 4.79 Å². The van der Waals surface area contributed by atoms with Gasteiger partial charge < -0.3 is 20.9 Å². The Morgan fingerprint density at radius 2 is 2.04 bits per heavy atom. The molecule has 1 aromatic carbocycles. The number of carbonyl (C=O) groups excluding carboxylic acids is 1. The predicted octanol–water partition coefficient (Wildman–Crippen LogP) is 0.369. The molecule has 2 aromatic rings. The summed E-state index contributed by atoms with van der Waals surface area (Å²) in [7, 11) is 1.55. The molecule has 1 aliphatic heterocycles. The standard InChI is InChI=1S/C14H13N5O4/c1-23-8-4-2-7(3-5-8)10-6-9(14(21)22)16-13-11(12(15)20)17-18-19(10)13/h2-6,10,16H,1H3,(H2,15,20)(H,21,22)/t10-/m1/s1. The molecule has 118 valence electrons. The average molecular weight is 315 g/mol. The smallest absolute Gasteiger partial charge is 0.352 e. The number of primary amides is 1. The Hall–Kier alpha value is -3.36. The van der Waals surface area contributed by atoms with Crippen molar-refractivity contribution in [2.24, 2.45) is 5.73 Å². The lowest BCUT2D eigenvalue weighted by atomic mass is 10.0. The molecule has 9 nitrogen and oxygen atoms in total. The van der Waals surface area contributed by atoms with Gasteiger partial charge in [0.1, 0.15) is 17.5 Å². The first-order valence-corrected chi connectivity index (χ1v) is 6.62. The first kappa shape index (κ1) is 14.6. The fourth-order valence-corrected chi connectivity index (χ4v) is 2.33. The van der Waals surface area contributed by atoms with Gasteiger partial charge in [0, 0.05) is 0 Å². The van der Waals surface area contributed by atoms with Crippen molar-refractivity contribution in [3.05, 3.63) is 47.3 Å². The number of carboxylic acids is 1. The summed E-state index contributed by atoms with van der Waals surface area (Å²) >= 11 is 0. The zero-order valence-corrected chi connectivity index (χ0v) is 12.1. The highest BCUT2D eigenvalue weighted by atomic mass is 16.5. The molecule has 0 unspecified atom stereocenters. The number of nitrogens with zero attached hydrogens (tertiary/aromatic N) is 3. The van der Waals surface area contributed by atoms with Crippen LogP contribution in [0.1, 0.15) is 22.1 Å². The van der Waals surface area contributed by atoms with Crippen molar-refractivity contribution in [3.63, 3.8) is 0 Å². The van der Waals surface area contributed by atoms with E-state index in [4.69, 9.17) is 10.5 Å². The normalized spacial score (nSPS) is 16.0. The monoisotopic (exact) mass is 315 g/mol. The van der Waals surface area contributed by atoms with Crippen molar-refractivity contribution in [2.45, 2.75) is 6.04 Å². The van der Waals surface area contributed by atoms with Gasteiger partial charge in [0.05, 0.1) is 7.11 Å². The Labute approximate surface area is 130 Å². The van der Waals surface area contributed by atoms with Crippen LogP contribution in [0, 0.1) is 0 Å². The molecule has 1 aliphatic rings. The quantitative estimate of drug-likeness (QED) is 0.742. The summed E-state index contributed by atoms with van der Waals surface area (Å²) in [6.45, 7) is 0. The summed E-state index contributed by atoms with van der Waals surface area (Å²) in [5, 5.41) is 19.5. The molecule has 0 radical (unpaired) electrons. The maximum absolute atomic E-state index is 11.4. The first-order chi connectivity index (χ1) is 11.0. The average Bonchev–Trinajstić information content (AvgIpc) is 2.98. The third kappa shape index (κ3) is 2.48. The van der Waals surface area contributed by atoms with Gasteiger partial charge in [-0.05, 0) is 23.8 Å². The van der Waals surface area contributed by atoms with Gasteiger partial charge in [-0.3, -0.25) is 4.79 Å². The third-order valence-corrected chi connectivity index (χ3v) is 3.46. The van der Waals surface area contributed by atoms with E-state index < -0.39 is 17.9 Å². The largest absolute Gasteiger partial charge is 0.497 e. The minimum Gasteiger partial charge on any atom is -0.497 e. The van der Waals surface area contributed by atoms with Crippen LogP contribution in [0.2, 0.25) is 0 Å². The van der Waals surface area contributed by atoms with E-state index in [1.165, 1.54) is 10.8 Å². The number of hydrogen-bond donors (Lipinski definition) is 3. The number of methoxy groups -OCH3 is 1. The number of anilines is 1. The van der Waals surface area contributed by atoms with Crippen molar-refractivity contribution in [2.75, 3.05) is 12.4 Å². The molecule has 0 saturated carbocycles. The van der Waals surface area contributed by atoms with Crippen LogP contribution in [0.25, 0.3) is 0 Å². The Morgan fingerprint density at radius 1 is 1.35 bits per heavy atom. The van der Waals surface area contributed by atoms with E-state index in [9.17, 15) is 14.7 Å². The maximum Gasteiger partial charge on any atom is 0.352 e. The van der Waals surface area contributed by atoms with Crippen LogP contribution in [0.3, 0.4) is 0 Å². The molecule has 23 heavy (non-hydrogen) atoms.